The van der Waals surface area contributed by atoms with Crippen LogP contribution in [0, 0.1) is 0 Å². The molecular weight excluding hydrogens is 254 g/mol. The van der Waals surface area contributed by atoms with E-state index in [4.69, 9.17) is 0 Å². The molecule has 0 aromatic heterocycles. The topological polar surface area (TPSA) is 12.0 Å². The summed E-state index contributed by atoms with van der Waals surface area (Å²) in [4.78, 5) is 0. The molecule has 1 N–H and O–H groups in total. The molecule has 0 saturated heterocycles. The lowest BCUT2D eigenvalue weighted by atomic mass is 9.83. The summed E-state index contributed by atoms with van der Waals surface area (Å²) in [7, 11) is 0. The Balaban J connectivity index is 1.79. The number of rotatable bonds is 2. The Morgan fingerprint density at radius 3 is 2.43 bits per heavy atom. The van der Waals surface area contributed by atoms with E-state index in [1.807, 2.05) is 0 Å². The molecular formula is C20H25N. The van der Waals surface area contributed by atoms with Crippen molar-refractivity contribution < 1.29 is 0 Å². The fraction of sp³-hybridized carbons (Fsp3) is 0.400. The molecule has 110 valence electrons. The van der Waals surface area contributed by atoms with Gasteiger partial charge in [0, 0.05) is 12.2 Å². The molecule has 0 saturated carbocycles. The monoisotopic (exact) mass is 279 g/mol. The molecule has 1 aliphatic rings. The molecule has 1 nitrogen and oxygen atoms in total. The van der Waals surface area contributed by atoms with Gasteiger partial charge in [-0.25, -0.2) is 0 Å². The Morgan fingerprint density at radius 2 is 1.71 bits per heavy atom. The Bertz CT molecular complexity index is 604. The molecule has 1 unspecified atom stereocenters. The van der Waals surface area contributed by atoms with Crippen LogP contribution in [-0.4, -0.2) is 6.54 Å². The first-order valence-electron chi connectivity index (χ1n) is 7.96. The van der Waals surface area contributed by atoms with Gasteiger partial charge >= 0.3 is 0 Å². The van der Waals surface area contributed by atoms with Crippen molar-refractivity contribution in [3.05, 3.63) is 65.2 Å². The second-order valence-electron chi connectivity index (χ2n) is 7.15. The van der Waals surface area contributed by atoms with Crippen molar-refractivity contribution in [3.63, 3.8) is 0 Å². The largest absolute Gasteiger partial charge is 0.385 e. The standard InChI is InChI=1S/C20H25N/c1-20(2,3)17-10-8-15(9-11-17)14-16-12-13-21-19-7-5-4-6-18(16)19/h4-11,16,21H,12-14H2,1-3H3. The van der Waals surface area contributed by atoms with Crippen molar-refractivity contribution in [1.29, 1.82) is 0 Å². The van der Waals surface area contributed by atoms with Gasteiger partial charge in [-0.15, -0.1) is 0 Å². The minimum absolute atomic E-state index is 0.236. The minimum atomic E-state index is 0.236. The molecule has 0 amide bonds. The second-order valence-corrected chi connectivity index (χ2v) is 7.15. The lowest BCUT2D eigenvalue weighted by Crippen LogP contribution is -2.18. The molecule has 21 heavy (non-hydrogen) atoms. The minimum Gasteiger partial charge on any atom is -0.385 e. The molecule has 0 fully saturated rings. The van der Waals surface area contributed by atoms with Crippen molar-refractivity contribution in [2.75, 3.05) is 11.9 Å². The van der Waals surface area contributed by atoms with Crippen LogP contribution in [-0.2, 0) is 11.8 Å². The molecule has 1 aliphatic heterocycles. The third-order valence-corrected chi connectivity index (χ3v) is 4.51. The zero-order valence-corrected chi connectivity index (χ0v) is 13.3. The first-order chi connectivity index (χ1) is 10.0. The quantitative estimate of drug-likeness (QED) is 0.804. The summed E-state index contributed by atoms with van der Waals surface area (Å²) in [5.41, 5.74) is 5.89. The molecule has 2 aromatic rings. The molecule has 1 heteroatoms. The molecule has 0 spiro atoms. The van der Waals surface area contributed by atoms with Crippen molar-refractivity contribution in [2.24, 2.45) is 0 Å². The maximum Gasteiger partial charge on any atom is 0.0375 e. The van der Waals surface area contributed by atoms with E-state index in [1.165, 1.54) is 28.8 Å². The van der Waals surface area contributed by atoms with Gasteiger partial charge in [0.25, 0.3) is 0 Å². The summed E-state index contributed by atoms with van der Waals surface area (Å²) < 4.78 is 0. The van der Waals surface area contributed by atoms with Gasteiger partial charge in [-0.05, 0) is 46.9 Å². The van der Waals surface area contributed by atoms with Gasteiger partial charge in [0.1, 0.15) is 0 Å². The Morgan fingerprint density at radius 1 is 1.00 bits per heavy atom. The zero-order valence-electron chi connectivity index (χ0n) is 13.3. The maximum absolute atomic E-state index is 3.51. The van der Waals surface area contributed by atoms with Crippen LogP contribution in [0.25, 0.3) is 0 Å². The summed E-state index contributed by atoms with van der Waals surface area (Å²) in [6, 6.07) is 18.0. The zero-order chi connectivity index (χ0) is 14.9. The van der Waals surface area contributed by atoms with Gasteiger partial charge in [-0.1, -0.05) is 63.2 Å². The molecule has 1 heterocycles. The lowest BCUT2D eigenvalue weighted by Gasteiger charge is -2.27. The maximum atomic E-state index is 3.51. The first kappa shape index (κ1) is 14.2. The van der Waals surface area contributed by atoms with Crippen LogP contribution in [0.15, 0.2) is 48.5 Å². The Hall–Kier alpha value is -1.76. The van der Waals surface area contributed by atoms with E-state index in [9.17, 15) is 0 Å². The van der Waals surface area contributed by atoms with E-state index in [2.05, 4.69) is 74.6 Å². The van der Waals surface area contributed by atoms with Crippen LogP contribution in [0.3, 0.4) is 0 Å². The third-order valence-electron chi connectivity index (χ3n) is 4.51. The van der Waals surface area contributed by atoms with Crippen molar-refractivity contribution >= 4 is 5.69 Å². The van der Waals surface area contributed by atoms with E-state index in [0.717, 1.165) is 13.0 Å². The molecule has 0 radical (unpaired) electrons. The summed E-state index contributed by atoms with van der Waals surface area (Å²) in [6.45, 7) is 7.89. The second kappa shape index (κ2) is 5.55. The number of hydrogen-bond donors (Lipinski definition) is 1. The number of anilines is 1. The van der Waals surface area contributed by atoms with E-state index < -0.39 is 0 Å². The first-order valence-corrected chi connectivity index (χ1v) is 7.96. The van der Waals surface area contributed by atoms with Gasteiger partial charge in [0.2, 0.25) is 0 Å². The number of para-hydroxylation sites is 1. The summed E-state index contributed by atoms with van der Waals surface area (Å²) >= 11 is 0. The highest BCUT2D eigenvalue weighted by atomic mass is 14.9. The number of fused-ring (bicyclic) bond motifs is 1. The highest BCUT2D eigenvalue weighted by Crippen LogP contribution is 2.34. The van der Waals surface area contributed by atoms with E-state index in [1.54, 1.807) is 0 Å². The van der Waals surface area contributed by atoms with Crippen LogP contribution in [0.5, 0.6) is 0 Å². The van der Waals surface area contributed by atoms with Crippen LogP contribution in [0.4, 0.5) is 5.69 Å². The third kappa shape index (κ3) is 3.12. The number of hydrogen-bond acceptors (Lipinski definition) is 1. The Labute approximate surface area is 128 Å². The van der Waals surface area contributed by atoms with Crippen LogP contribution in [0.2, 0.25) is 0 Å². The summed E-state index contributed by atoms with van der Waals surface area (Å²) in [6.07, 6.45) is 2.36. The molecule has 1 atom stereocenters. The molecule has 0 aliphatic carbocycles. The number of nitrogens with one attached hydrogen (secondary N) is 1. The van der Waals surface area contributed by atoms with Crippen molar-refractivity contribution in [2.45, 2.75) is 44.9 Å². The average molecular weight is 279 g/mol. The van der Waals surface area contributed by atoms with E-state index in [-0.39, 0.29) is 5.41 Å². The predicted molar refractivity (Wildman–Crippen MR) is 91.1 cm³/mol. The van der Waals surface area contributed by atoms with E-state index >= 15 is 0 Å². The summed E-state index contributed by atoms with van der Waals surface area (Å²) in [5.74, 6) is 0.642. The smallest absolute Gasteiger partial charge is 0.0375 e. The van der Waals surface area contributed by atoms with Gasteiger partial charge in [-0.2, -0.15) is 0 Å². The van der Waals surface area contributed by atoms with Gasteiger partial charge in [0.05, 0.1) is 0 Å². The van der Waals surface area contributed by atoms with Crippen molar-refractivity contribution in [3.8, 4) is 0 Å². The lowest BCUT2D eigenvalue weighted by molar-refractivity contribution is 0.588. The SMILES string of the molecule is CC(C)(C)c1ccc(CC2CCNc3ccccc32)cc1. The predicted octanol–water partition coefficient (Wildman–Crippen LogP) is 5.13. The fourth-order valence-corrected chi connectivity index (χ4v) is 3.19. The van der Waals surface area contributed by atoms with Gasteiger partial charge < -0.3 is 5.32 Å². The molecule has 0 bridgehead atoms. The van der Waals surface area contributed by atoms with Crippen LogP contribution >= 0.6 is 0 Å². The fourth-order valence-electron chi connectivity index (χ4n) is 3.19. The Kier molecular flexibility index (Phi) is 3.75. The normalized spacial score (nSPS) is 18.0. The average Bonchev–Trinajstić information content (AvgIpc) is 2.47. The number of benzene rings is 2. The molecule has 2 aromatic carbocycles. The molecule has 3 rings (SSSR count). The van der Waals surface area contributed by atoms with Crippen LogP contribution < -0.4 is 5.32 Å². The van der Waals surface area contributed by atoms with E-state index in [0.29, 0.717) is 5.92 Å². The van der Waals surface area contributed by atoms with Gasteiger partial charge in [0.15, 0.2) is 0 Å². The highest BCUT2D eigenvalue weighted by Gasteiger charge is 2.20. The van der Waals surface area contributed by atoms with Crippen molar-refractivity contribution in [1.82, 2.24) is 0 Å². The summed E-state index contributed by atoms with van der Waals surface area (Å²) in [5, 5.41) is 3.51. The van der Waals surface area contributed by atoms with Crippen LogP contribution in [0.1, 0.15) is 49.8 Å². The highest BCUT2D eigenvalue weighted by molar-refractivity contribution is 5.55. The van der Waals surface area contributed by atoms with Gasteiger partial charge in [-0.3, -0.25) is 0 Å².